The summed E-state index contributed by atoms with van der Waals surface area (Å²) in [6.07, 6.45) is 1.70. The van der Waals surface area contributed by atoms with Gasteiger partial charge in [-0.05, 0) is 26.0 Å². The summed E-state index contributed by atoms with van der Waals surface area (Å²) >= 11 is 0. The van der Waals surface area contributed by atoms with Crippen LogP contribution >= 0.6 is 0 Å². The molecule has 0 aromatic carbocycles. The highest BCUT2D eigenvalue weighted by molar-refractivity contribution is 5.49. The zero-order valence-electron chi connectivity index (χ0n) is 11.6. The molecule has 0 amide bonds. The number of methoxy groups -OCH3 is 1. The van der Waals surface area contributed by atoms with Crippen LogP contribution in [-0.4, -0.2) is 43.5 Å². The van der Waals surface area contributed by atoms with E-state index in [-0.39, 0.29) is 11.7 Å². The zero-order chi connectivity index (χ0) is 13.9. The van der Waals surface area contributed by atoms with E-state index in [2.05, 4.69) is 29.8 Å². The van der Waals surface area contributed by atoms with E-state index in [1.807, 2.05) is 12.1 Å². The quantitative estimate of drug-likeness (QED) is 0.827. The molecule has 1 aliphatic rings. The van der Waals surface area contributed by atoms with E-state index in [0.29, 0.717) is 12.3 Å². The number of rotatable bonds is 3. The Labute approximate surface area is 113 Å². The maximum absolute atomic E-state index is 8.92. The average molecular weight is 261 g/mol. The fourth-order valence-electron chi connectivity index (χ4n) is 2.44. The minimum atomic E-state index is -0.239. The number of anilines is 1. The zero-order valence-corrected chi connectivity index (χ0v) is 11.6. The van der Waals surface area contributed by atoms with E-state index in [0.717, 1.165) is 18.8 Å². The molecule has 0 unspecified atom stereocenters. The molecule has 5 heteroatoms. The summed E-state index contributed by atoms with van der Waals surface area (Å²) in [5.41, 5.74) is 1.20. The molecule has 0 saturated carbocycles. The first-order valence-electron chi connectivity index (χ1n) is 6.32. The molecule has 1 fully saturated rings. The van der Waals surface area contributed by atoms with Crippen molar-refractivity contribution in [2.45, 2.75) is 25.6 Å². The van der Waals surface area contributed by atoms with Gasteiger partial charge in [0.05, 0.1) is 18.3 Å². The van der Waals surface area contributed by atoms with Crippen LogP contribution < -0.4 is 4.90 Å². The van der Waals surface area contributed by atoms with Crippen molar-refractivity contribution in [1.29, 1.82) is 5.26 Å². The first kappa shape index (κ1) is 13.8. The van der Waals surface area contributed by atoms with E-state index in [4.69, 9.17) is 14.7 Å². The third-order valence-electron chi connectivity index (χ3n) is 3.06. The van der Waals surface area contributed by atoms with Crippen LogP contribution in [-0.2, 0) is 9.47 Å². The predicted octanol–water partition coefficient (Wildman–Crippen LogP) is 1.58. The smallest absolute Gasteiger partial charge is 0.142 e. The lowest BCUT2D eigenvalue weighted by Gasteiger charge is -2.43. The van der Waals surface area contributed by atoms with Gasteiger partial charge >= 0.3 is 0 Å². The fourth-order valence-corrected chi connectivity index (χ4v) is 2.44. The maximum Gasteiger partial charge on any atom is 0.142 e. The van der Waals surface area contributed by atoms with E-state index in [1.54, 1.807) is 13.3 Å². The van der Waals surface area contributed by atoms with Crippen molar-refractivity contribution < 1.29 is 9.47 Å². The molecule has 1 atom stereocenters. The third-order valence-corrected chi connectivity index (χ3v) is 3.06. The lowest BCUT2D eigenvalue weighted by atomic mass is 10.0. The molecule has 0 aliphatic carbocycles. The van der Waals surface area contributed by atoms with Gasteiger partial charge in [0.1, 0.15) is 11.8 Å². The molecule has 1 aliphatic heterocycles. The lowest BCUT2D eigenvalue weighted by molar-refractivity contribution is -0.106. The van der Waals surface area contributed by atoms with Crippen molar-refractivity contribution in [2.75, 3.05) is 31.7 Å². The maximum atomic E-state index is 8.92. The second-order valence-corrected chi connectivity index (χ2v) is 5.35. The van der Waals surface area contributed by atoms with Crippen LogP contribution in [0.15, 0.2) is 18.3 Å². The summed E-state index contributed by atoms with van der Waals surface area (Å²) in [7, 11) is 1.68. The summed E-state index contributed by atoms with van der Waals surface area (Å²) < 4.78 is 11.2. The summed E-state index contributed by atoms with van der Waals surface area (Å²) in [5.74, 6) is 0. The molecule has 5 nitrogen and oxygen atoms in total. The van der Waals surface area contributed by atoms with Crippen molar-refractivity contribution in [1.82, 2.24) is 4.98 Å². The summed E-state index contributed by atoms with van der Waals surface area (Å²) in [6.45, 7) is 6.23. The van der Waals surface area contributed by atoms with Crippen molar-refractivity contribution in [3.63, 3.8) is 0 Å². The van der Waals surface area contributed by atoms with Crippen LogP contribution in [0.2, 0.25) is 0 Å². The van der Waals surface area contributed by atoms with Crippen LogP contribution in [0.4, 0.5) is 5.69 Å². The van der Waals surface area contributed by atoms with E-state index in [9.17, 15) is 0 Å². The minimum Gasteiger partial charge on any atom is -0.382 e. The van der Waals surface area contributed by atoms with Crippen molar-refractivity contribution in [3.8, 4) is 6.07 Å². The van der Waals surface area contributed by atoms with E-state index in [1.165, 1.54) is 0 Å². The standard InChI is InChI=1S/C14H19N3O2/c1-14(2)10-17(8-13(19-14)9-18-3)12-4-5-16-11(6-12)7-15/h4-6,13H,8-10H2,1-3H3/t13-/m1/s1. The van der Waals surface area contributed by atoms with Gasteiger partial charge in [0.15, 0.2) is 0 Å². The molecule has 0 radical (unpaired) electrons. The molecule has 2 rings (SSSR count). The second kappa shape index (κ2) is 5.55. The monoisotopic (exact) mass is 261 g/mol. The van der Waals surface area contributed by atoms with E-state index >= 15 is 0 Å². The lowest BCUT2D eigenvalue weighted by Crippen LogP contribution is -2.54. The normalized spacial score (nSPS) is 22.0. The Hall–Kier alpha value is -1.64. The molecule has 0 spiro atoms. The van der Waals surface area contributed by atoms with Gasteiger partial charge in [-0.25, -0.2) is 4.98 Å². The summed E-state index contributed by atoms with van der Waals surface area (Å²) in [5, 5.41) is 8.92. The molecule has 0 N–H and O–H groups in total. The van der Waals surface area contributed by atoms with Crippen LogP contribution in [0.5, 0.6) is 0 Å². The van der Waals surface area contributed by atoms with Gasteiger partial charge in [0.25, 0.3) is 0 Å². The van der Waals surface area contributed by atoms with Gasteiger partial charge in [0, 0.05) is 32.1 Å². The number of nitriles is 1. The van der Waals surface area contributed by atoms with Gasteiger partial charge in [-0.1, -0.05) is 0 Å². The summed E-state index contributed by atoms with van der Waals surface area (Å²) in [6, 6.07) is 5.80. The molecule has 2 heterocycles. The number of pyridine rings is 1. The molecule has 1 aromatic rings. The van der Waals surface area contributed by atoms with Crippen molar-refractivity contribution in [3.05, 3.63) is 24.0 Å². The van der Waals surface area contributed by atoms with Crippen molar-refractivity contribution in [2.24, 2.45) is 0 Å². The highest BCUT2D eigenvalue weighted by atomic mass is 16.5. The number of nitrogens with zero attached hydrogens (tertiary/aromatic N) is 3. The molecule has 0 bridgehead atoms. The topological polar surface area (TPSA) is 58.4 Å². The van der Waals surface area contributed by atoms with Gasteiger partial charge < -0.3 is 14.4 Å². The Morgan fingerprint density at radius 3 is 3.11 bits per heavy atom. The molecule has 1 aromatic heterocycles. The summed E-state index contributed by atoms with van der Waals surface area (Å²) in [4.78, 5) is 6.22. The molecule has 19 heavy (non-hydrogen) atoms. The Kier molecular flexibility index (Phi) is 4.03. The first-order valence-corrected chi connectivity index (χ1v) is 6.32. The van der Waals surface area contributed by atoms with Gasteiger partial charge in [-0.2, -0.15) is 5.26 Å². The first-order chi connectivity index (χ1) is 9.04. The van der Waals surface area contributed by atoms with Crippen LogP contribution in [0.3, 0.4) is 0 Å². The number of aromatic nitrogens is 1. The van der Waals surface area contributed by atoms with Gasteiger partial charge in [-0.3, -0.25) is 0 Å². The van der Waals surface area contributed by atoms with Crippen molar-refractivity contribution >= 4 is 5.69 Å². The molecular formula is C14H19N3O2. The Morgan fingerprint density at radius 1 is 1.63 bits per heavy atom. The Morgan fingerprint density at radius 2 is 2.42 bits per heavy atom. The number of ether oxygens (including phenoxy) is 2. The highest BCUT2D eigenvalue weighted by Crippen LogP contribution is 2.26. The highest BCUT2D eigenvalue weighted by Gasteiger charge is 2.33. The fraction of sp³-hybridized carbons (Fsp3) is 0.571. The molecule has 102 valence electrons. The Balaban J connectivity index is 2.20. The van der Waals surface area contributed by atoms with Gasteiger partial charge in [0.2, 0.25) is 0 Å². The van der Waals surface area contributed by atoms with Crippen LogP contribution in [0.25, 0.3) is 0 Å². The van der Waals surface area contributed by atoms with E-state index < -0.39 is 0 Å². The number of hydrogen-bond donors (Lipinski definition) is 0. The number of morpholine rings is 1. The largest absolute Gasteiger partial charge is 0.382 e. The number of hydrogen-bond acceptors (Lipinski definition) is 5. The van der Waals surface area contributed by atoms with Crippen LogP contribution in [0, 0.1) is 11.3 Å². The minimum absolute atomic E-state index is 0.0347. The average Bonchev–Trinajstić information content (AvgIpc) is 2.37. The second-order valence-electron chi connectivity index (χ2n) is 5.35. The molecule has 1 saturated heterocycles. The third kappa shape index (κ3) is 3.43. The predicted molar refractivity (Wildman–Crippen MR) is 72.0 cm³/mol. The SMILES string of the molecule is COC[C@H]1CN(c2ccnc(C#N)c2)CC(C)(C)O1. The Bertz CT molecular complexity index is 482. The van der Waals surface area contributed by atoms with Crippen LogP contribution in [0.1, 0.15) is 19.5 Å². The van der Waals surface area contributed by atoms with Gasteiger partial charge in [-0.15, -0.1) is 0 Å². The molecular weight excluding hydrogens is 242 g/mol.